The molecule has 0 radical (unpaired) electrons. The summed E-state index contributed by atoms with van der Waals surface area (Å²) in [7, 11) is 0. The average molecular weight is 273 g/mol. The lowest BCUT2D eigenvalue weighted by Gasteiger charge is -2.12. The Balaban J connectivity index is 2.31. The highest BCUT2D eigenvalue weighted by Gasteiger charge is 2.09. The van der Waals surface area contributed by atoms with E-state index in [4.69, 9.17) is 15.2 Å². The molecular formula is C15H19N3O2. The Morgan fingerprint density at radius 2 is 1.90 bits per heavy atom. The van der Waals surface area contributed by atoms with Gasteiger partial charge in [-0.2, -0.15) is 4.98 Å². The Kier molecular flexibility index (Phi) is 4.53. The SMILES string of the molecule is CCOc1cc(CN)ccc1Oc1cc(C)nc(C)n1. The normalized spacial score (nSPS) is 10.4. The maximum absolute atomic E-state index is 5.81. The van der Waals surface area contributed by atoms with E-state index in [1.54, 1.807) is 6.07 Å². The number of ether oxygens (including phenoxy) is 2. The Hall–Kier alpha value is -2.14. The van der Waals surface area contributed by atoms with Crippen LogP contribution in [-0.2, 0) is 6.54 Å². The number of benzene rings is 1. The minimum atomic E-state index is 0.464. The third-order valence-corrected chi connectivity index (χ3v) is 2.70. The monoisotopic (exact) mass is 273 g/mol. The fraction of sp³-hybridized carbons (Fsp3) is 0.333. The fourth-order valence-electron chi connectivity index (χ4n) is 1.88. The summed E-state index contributed by atoms with van der Waals surface area (Å²) < 4.78 is 11.4. The summed E-state index contributed by atoms with van der Waals surface area (Å²) in [6, 6.07) is 7.44. The first-order chi connectivity index (χ1) is 9.62. The fourth-order valence-corrected chi connectivity index (χ4v) is 1.88. The van der Waals surface area contributed by atoms with E-state index in [1.807, 2.05) is 39.0 Å². The smallest absolute Gasteiger partial charge is 0.222 e. The average Bonchev–Trinajstić information content (AvgIpc) is 2.40. The van der Waals surface area contributed by atoms with E-state index in [-0.39, 0.29) is 0 Å². The molecule has 0 amide bonds. The van der Waals surface area contributed by atoms with Crippen molar-refractivity contribution in [2.45, 2.75) is 27.3 Å². The number of hydrogen-bond acceptors (Lipinski definition) is 5. The zero-order valence-corrected chi connectivity index (χ0v) is 12.0. The van der Waals surface area contributed by atoms with Crippen LogP contribution in [0, 0.1) is 13.8 Å². The molecule has 0 aliphatic carbocycles. The number of aromatic nitrogens is 2. The second-order valence-corrected chi connectivity index (χ2v) is 4.42. The van der Waals surface area contributed by atoms with Gasteiger partial charge in [0.2, 0.25) is 5.88 Å². The molecule has 0 spiro atoms. The van der Waals surface area contributed by atoms with Crippen molar-refractivity contribution in [3.63, 3.8) is 0 Å². The molecule has 2 rings (SSSR count). The zero-order valence-electron chi connectivity index (χ0n) is 12.0. The summed E-state index contributed by atoms with van der Waals surface area (Å²) in [5.41, 5.74) is 7.50. The lowest BCUT2D eigenvalue weighted by atomic mass is 10.2. The summed E-state index contributed by atoms with van der Waals surface area (Å²) in [5, 5.41) is 0. The van der Waals surface area contributed by atoms with Gasteiger partial charge in [0.1, 0.15) is 5.82 Å². The first-order valence-corrected chi connectivity index (χ1v) is 6.58. The number of nitrogens with zero attached hydrogens (tertiary/aromatic N) is 2. The van der Waals surface area contributed by atoms with Crippen molar-refractivity contribution in [3.05, 3.63) is 41.3 Å². The Morgan fingerprint density at radius 3 is 2.55 bits per heavy atom. The van der Waals surface area contributed by atoms with Gasteiger partial charge in [0, 0.05) is 18.3 Å². The lowest BCUT2D eigenvalue weighted by molar-refractivity contribution is 0.319. The maximum atomic E-state index is 5.81. The summed E-state index contributed by atoms with van der Waals surface area (Å²) in [6.07, 6.45) is 0. The van der Waals surface area contributed by atoms with Crippen LogP contribution in [0.15, 0.2) is 24.3 Å². The number of nitrogens with two attached hydrogens (primary N) is 1. The minimum absolute atomic E-state index is 0.464. The number of hydrogen-bond donors (Lipinski definition) is 1. The van der Waals surface area contributed by atoms with Gasteiger partial charge < -0.3 is 15.2 Å². The van der Waals surface area contributed by atoms with E-state index >= 15 is 0 Å². The van der Waals surface area contributed by atoms with Crippen LogP contribution in [0.25, 0.3) is 0 Å². The van der Waals surface area contributed by atoms with Crippen molar-refractivity contribution in [3.8, 4) is 17.4 Å². The molecule has 20 heavy (non-hydrogen) atoms. The van der Waals surface area contributed by atoms with Crippen LogP contribution in [0.1, 0.15) is 24.0 Å². The second-order valence-electron chi connectivity index (χ2n) is 4.42. The van der Waals surface area contributed by atoms with Crippen LogP contribution in [0.2, 0.25) is 0 Å². The molecule has 0 aliphatic heterocycles. The zero-order chi connectivity index (χ0) is 14.5. The molecule has 1 aromatic heterocycles. The molecule has 0 saturated heterocycles. The van der Waals surface area contributed by atoms with Crippen LogP contribution in [-0.4, -0.2) is 16.6 Å². The van der Waals surface area contributed by atoms with Crippen LogP contribution < -0.4 is 15.2 Å². The Bertz CT molecular complexity index is 579. The molecule has 5 heteroatoms. The van der Waals surface area contributed by atoms with Gasteiger partial charge in [-0.15, -0.1) is 0 Å². The van der Waals surface area contributed by atoms with E-state index < -0.39 is 0 Å². The molecule has 0 fully saturated rings. The van der Waals surface area contributed by atoms with Crippen LogP contribution in [0.4, 0.5) is 0 Å². The van der Waals surface area contributed by atoms with Crippen molar-refractivity contribution >= 4 is 0 Å². The van der Waals surface area contributed by atoms with Gasteiger partial charge >= 0.3 is 0 Å². The highest BCUT2D eigenvalue weighted by Crippen LogP contribution is 2.32. The molecule has 5 nitrogen and oxygen atoms in total. The maximum Gasteiger partial charge on any atom is 0.222 e. The summed E-state index contributed by atoms with van der Waals surface area (Å²) in [5.74, 6) is 2.49. The summed E-state index contributed by atoms with van der Waals surface area (Å²) in [4.78, 5) is 8.48. The van der Waals surface area contributed by atoms with E-state index in [0.29, 0.717) is 36.4 Å². The molecule has 0 bridgehead atoms. The molecule has 0 saturated carbocycles. The van der Waals surface area contributed by atoms with Gasteiger partial charge in [0.15, 0.2) is 11.5 Å². The molecule has 1 aromatic carbocycles. The molecular weight excluding hydrogens is 254 g/mol. The highest BCUT2D eigenvalue weighted by molar-refractivity contribution is 5.44. The standard InChI is InChI=1S/C15H19N3O2/c1-4-19-14-8-12(9-16)5-6-13(14)20-15-7-10(2)17-11(3)18-15/h5-8H,4,9,16H2,1-3H3. The quantitative estimate of drug-likeness (QED) is 0.907. The summed E-state index contributed by atoms with van der Waals surface area (Å²) >= 11 is 0. The Labute approximate surface area is 118 Å². The van der Waals surface area contributed by atoms with E-state index in [1.165, 1.54) is 0 Å². The van der Waals surface area contributed by atoms with Crippen molar-refractivity contribution in [1.82, 2.24) is 9.97 Å². The predicted octanol–water partition coefficient (Wildman–Crippen LogP) is 2.74. The van der Waals surface area contributed by atoms with E-state index in [2.05, 4.69) is 9.97 Å². The molecule has 1 heterocycles. The van der Waals surface area contributed by atoms with Gasteiger partial charge in [-0.1, -0.05) is 6.07 Å². The first kappa shape index (κ1) is 14.3. The highest BCUT2D eigenvalue weighted by atomic mass is 16.5. The van der Waals surface area contributed by atoms with E-state index in [0.717, 1.165) is 11.3 Å². The van der Waals surface area contributed by atoms with Gasteiger partial charge in [0.05, 0.1) is 6.61 Å². The molecule has 2 aromatic rings. The third-order valence-electron chi connectivity index (χ3n) is 2.70. The topological polar surface area (TPSA) is 70.3 Å². The van der Waals surface area contributed by atoms with Gasteiger partial charge in [-0.25, -0.2) is 4.98 Å². The molecule has 0 atom stereocenters. The summed E-state index contributed by atoms with van der Waals surface area (Å²) in [6.45, 7) is 6.69. The minimum Gasteiger partial charge on any atom is -0.490 e. The second kappa shape index (κ2) is 6.34. The van der Waals surface area contributed by atoms with Crippen molar-refractivity contribution in [2.24, 2.45) is 5.73 Å². The van der Waals surface area contributed by atoms with Crippen molar-refractivity contribution in [1.29, 1.82) is 0 Å². The molecule has 106 valence electrons. The van der Waals surface area contributed by atoms with Crippen LogP contribution in [0.5, 0.6) is 17.4 Å². The third kappa shape index (κ3) is 3.45. The largest absolute Gasteiger partial charge is 0.490 e. The number of rotatable bonds is 5. The number of aryl methyl sites for hydroxylation is 2. The van der Waals surface area contributed by atoms with Crippen molar-refractivity contribution < 1.29 is 9.47 Å². The van der Waals surface area contributed by atoms with E-state index in [9.17, 15) is 0 Å². The van der Waals surface area contributed by atoms with Gasteiger partial charge in [-0.05, 0) is 38.5 Å². The first-order valence-electron chi connectivity index (χ1n) is 6.58. The van der Waals surface area contributed by atoms with Gasteiger partial charge in [0.25, 0.3) is 0 Å². The van der Waals surface area contributed by atoms with Crippen LogP contribution >= 0.6 is 0 Å². The van der Waals surface area contributed by atoms with Crippen LogP contribution in [0.3, 0.4) is 0 Å². The lowest BCUT2D eigenvalue weighted by Crippen LogP contribution is -2.01. The molecule has 2 N–H and O–H groups in total. The predicted molar refractivity (Wildman–Crippen MR) is 77.1 cm³/mol. The molecule has 0 unspecified atom stereocenters. The van der Waals surface area contributed by atoms with Gasteiger partial charge in [-0.3, -0.25) is 0 Å². The Morgan fingerprint density at radius 1 is 1.10 bits per heavy atom. The van der Waals surface area contributed by atoms with Crippen molar-refractivity contribution in [2.75, 3.05) is 6.61 Å². The molecule has 0 aliphatic rings.